The van der Waals surface area contributed by atoms with Gasteiger partial charge in [0.25, 0.3) is 5.91 Å². The zero-order valence-electron chi connectivity index (χ0n) is 23.5. The molecule has 5 rings (SSSR count). The van der Waals surface area contributed by atoms with E-state index in [4.69, 9.17) is 26.8 Å². The molecule has 0 aliphatic carbocycles. The number of halogens is 8. The van der Waals surface area contributed by atoms with Crippen molar-refractivity contribution in [2.75, 3.05) is 20.3 Å². The van der Waals surface area contributed by atoms with Gasteiger partial charge < -0.3 is 25.6 Å². The first-order valence-corrected chi connectivity index (χ1v) is 13.3. The fourth-order valence-corrected chi connectivity index (χ4v) is 5.00. The lowest BCUT2D eigenvalue weighted by molar-refractivity contribution is -0.265. The second-order valence-corrected chi connectivity index (χ2v) is 10.9. The molecule has 18 heteroatoms. The summed E-state index contributed by atoms with van der Waals surface area (Å²) >= 11 is 5.80. The number of carbonyl (C=O) groups is 2. The summed E-state index contributed by atoms with van der Waals surface area (Å²) in [6.45, 7) is -3.89. The Balaban J connectivity index is 1.61. The topological polar surface area (TPSA) is 142 Å². The number of nitrogens with zero attached hydrogens (tertiary/aromatic N) is 3. The quantitative estimate of drug-likeness (QED) is 0.181. The molecule has 10 nitrogen and oxygen atoms in total. The summed E-state index contributed by atoms with van der Waals surface area (Å²) in [5, 5.41) is 16.1. The number of amides is 2. The molecule has 244 valence electrons. The third kappa shape index (κ3) is 5.32. The van der Waals surface area contributed by atoms with Gasteiger partial charge in [-0.1, -0.05) is 11.6 Å². The van der Waals surface area contributed by atoms with E-state index in [1.807, 2.05) is 5.32 Å². The summed E-state index contributed by atoms with van der Waals surface area (Å²) in [7, 11) is 1.15. The normalized spacial score (nSPS) is 17.5. The molecule has 0 radical (unpaired) electrons. The monoisotopic (exact) mass is 675 g/mol. The lowest BCUT2D eigenvalue weighted by atomic mass is 9.81. The summed E-state index contributed by atoms with van der Waals surface area (Å²) in [4.78, 5) is 29.3. The molecule has 1 aliphatic heterocycles. The van der Waals surface area contributed by atoms with Gasteiger partial charge in [0.15, 0.2) is 0 Å². The number of rotatable bonds is 8. The third-order valence-electron chi connectivity index (χ3n) is 7.55. The van der Waals surface area contributed by atoms with Crippen molar-refractivity contribution in [1.29, 1.82) is 0 Å². The Morgan fingerprint density at radius 1 is 1.20 bits per heavy atom. The molecule has 3 heterocycles. The number of hydrogen-bond acceptors (Lipinski definition) is 7. The first-order chi connectivity index (χ1) is 21.4. The number of primary amides is 1. The predicted octanol–water partition coefficient (Wildman–Crippen LogP) is 4.75. The number of aliphatic hydroxyl groups is 1. The Kier molecular flexibility index (Phi) is 8.05. The molecule has 2 aromatic carbocycles. The molecule has 2 atom stereocenters. The number of carbonyl (C=O) groups excluding carboxylic acids is 2. The molecule has 0 saturated carbocycles. The molecule has 1 aliphatic rings. The molecular weight excluding hydrogens is 655 g/mol. The maximum Gasteiger partial charge on any atom is 0.424 e. The van der Waals surface area contributed by atoms with E-state index in [0.717, 1.165) is 31.5 Å². The van der Waals surface area contributed by atoms with Gasteiger partial charge in [-0.05, 0) is 31.2 Å². The SMILES string of the molecule is COc1cc(C(=O)NC[C@](O)(c2cc3c(c(-c4cc(Cl)c(F)cc4F)n2)OC[C@]3(C)C(N)=O)C(F)(F)F)cc2cn(C(F)F)nc12. The van der Waals surface area contributed by atoms with Crippen LogP contribution in [0.5, 0.6) is 11.5 Å². The second-order valence-electron chi connectivity index (χ2n) is 10.5. The van der Waals surface area contributed by atoms with Crippen LogP contribution in [0.3, 0.4) is 0 Å². The smallest absolute Gasteiger partial charge is 0.424 e. The fraction of sp³-hybridized carbons (Fsp3) is 0.286. The number of alkyl halides is 5. The van der Waals surface area contributed by atoms with Crippen LogP contribution >= 0.6 is 11.6 Å². The second kappa shape index (κ2) is 11.3. The van der Waals surface area contributed by atoms with Crippen LogP contribution in [0.15, 0.2) is 36.5 Å². The van der Waals surface area contributed by atoms with E-state index >= 15 is 0 Å². The molecule has 46 heavy (non-hydrogen) atoms. The molecule has 2 amide bonds. The number of methoxy groups -OCH3 is 1. The van der Waals surface area contributed by atoms with E-state index in [9.17, 15) is 45.4 Å². The minimum Gasteiger partial charge on any atom is -0.494 e. The molecule has 2 aromatic heterocycles. The van der Waals surface area contributed by atoms with Gasteiger partial charge in [0.2, 0.25) is 11.5 Å². The highest BCUT2D eigenvalue weighted by molar-refractivity contribution is 6.31. The standard InChI is InChI=1S/C28H21ClF7N5O5/c1-26(24(37)43)10-46-22-14(26)6-19(39-21(22)13-5-15(29)17(31)7-16(13)30)27(44,28(34,35)36)9-38-23(42)11-3-12-8-41(25(32)33)40-20(12)18(4-11)45-2/h3-8,25,44H,9-10H2,1-2H3,(H2,37,43)(H,38,42)/t26-,27-/m0/s1. The Bertz CT molecular complexity index is 1900. The van der Waals surface area contributed by atoms with E-state index in [-0.39, 0.29) is 38.2 Å². The average Bonchev–Trinajstić information content (AvgIpc) is 3.58. The summed E-state index contributed by atoms with van der Waals surface area (Å²) in [5.41, 5.74) is -3.49. The first kappa shape index (κ1) is 32.7. The molecule has 4 aromatic rings. The van der Waals surface area contributed by atoms with E-state index < -0.39 is 82.3 Å². The Labute approximate surface area is 258 Å². The van der Waals surface area contributed by atoms with E-state index in [1.54, 1.807) is 0 Å². The molecule has 0 bridgehead atoms. The fourth-order valence-electron chi connectivity index (χ4n) is 4.84. The molecule has 4 N–H and O–H groups in total. The van der Waals surface area contributed by atoms with Crippen molar-refractivity contribution in [3.8, 4) is 22.8 Å². The Hall–Kier alpha value is -4.64. The van der Waals surface area contributed by atoms with Gasteiger partial charge >= 0.3 is 12.7 Å². The molecule has 0 fully saturated rings. The number of pyridine rings is 1. The van der Waals surface area contributed by atoms with Crippen molar-refractivity contribution in [3.05, 3.63) is 70.0 Å². The lowest BCUT2D eigenvalue weighted by Gasteiger charge is -2.31. The summed E-state index contributed by atoms with van der Waals surface area (Å²) in [5.74, 6) is -5.27. The van der Waals surface area contributed by atoms with Crippen molar-refractivity contribution in [2.45, 2.75) is 30.7 Å². The lowest BCUT2D eigenvalue weighted by Crippen LogP contribution is -2.51. The highest BCUT2D eigenvalue weighted by Gasteiger charge is 2.58. The van der Waals surface area contributed by atoms with Crippen molar-refractivity contribution in [2.24, 2.45) is 5.73 Å². The van der Waals surface area contributed by atoms with Gasteiger partial charge in [0.1, 0.15) is 46.4 Å². The van der Waals surface area contributed by atoms with Crippen molar-refractivity contribution < 1.29 is 54.9 Å². The number of fused-ring (bicyclic) bond motifs is 2. The molecule has 0 saturated heterocycles. The maximum absolute atomic E-state index is 15.0. The Morgan fingerprint density at radius 2 is 1.89 bits per heavy atom. The van der Waals surface area contributed by atoms with Crippen LogP contribution in [-0.4, -0.2) is 58.1 Å². The predicted molar refractivity (Wildman–Crippen MR) is 146 cm³/mol. The minimum absolute atomic E-state index is 0.00784. The van der Waals surface area contributed by atoms with Crippen LogP contribution in [0.4, 0.5) is 30.7 Å². The third-order valence-corrected chi connectivity index (χ3v) is 7.84. The van der Waals surface area contributed by atoms with Gasteiger partial charge in [0.05, 0.1) is 24.4 Å². The van der Waals surface area contributed by atoms with Gasteiger partial charge in [-0.25, -0.2) is 18.4 Å². The van der Waals surface area contributed by atoms with E-state index in [2.05, 4.69) is 10.1 Å². The summed E-state index contributed by atoms with van der Waals surface area (Å²) in [6.07, 6.45) is -4.68. The number of benzene rings is 2. The van der Waals surface area contributed by atoms with Gasteiger partial charge in [-0.3, -0.25) is 9.59 Å². The van der Waals surface area contributed by atoms with Crippen molar-refractivity contribution in [3.63, 3.8) is 0 Å². The highest BCUT2D eigenvalue weighted by atomic mass is 35.5. The Morgan fingerprint density at radius 3 is 2.50 bits per heavy atom. The molecular formula is C28H21ClF7N5O5. The van der Waals surface area contributed by atoms with Crippen molar-refractivity contribution in [1.82, 2.24) is 20.1 Å². The van der Waals surface area contributed by atoms with Gasteiger partial charge in [-0.15, -0.1) is 0 Å². The van der Waals surface area contributed by atoms with Gasteiger partial charge in [-0.2, -0.15) is 27.1 Å². The largest absolute Gasteiger partial charge is 0.494 e. The zero-order chi connectivity index (χ0) is 33.9. The number of aromatic nitrogens is 3. The van der Waals surface area contributed by atoms with E-state index in [1.165, 1.54) is 6.92 Å². The number of hydrogen-bond donors (Lipinski definition) is 3. The maximum atomic E-state index is 15.0. The zero-order valence-corrected chi connectivity index (χ0v) is 24.2. The van der Waals surface area contributed by atoms with Crippen LogP contribution in [0.1, 0.15) is 35.1 Å². The molecule has 0 spiro atoms. The number of nitrogens with two attached hydrogens (primary N) is 1. The first-order valence-electron chi connectivity index (χ1n) is 13.0. The van der Waals surface area contributed by atoms with Crippen LogP contribution in [0, 0.1) is 11.6 Å². The van der Waals surface area contributed by atoms with Crippen LogP contribution < -0.4 is 20.5 Å². The number of ether oxygens (including phenoxy) is 2. The summed E-state index contributed by atoms with van der Waals surface area (Å²) < 4.78 is 110. The van der Waals surface area contributed by atoms with E-state index in [0.29, 0.717) is 12.1 Å². The number of nitrogens with one attached hydrogen (secondary N) is 1. The van der Waals surface area contributed by atoms with Crippen molar-refractivity contribution >= 4 is 34.3 Å². The average molecular weight is 676 g/mol. The van der Waals surface area contributed by atoms with Crippen LogP contribution in [-0.2, 0) is 15.8 Å². The minimum atomic E-state index is -5.57. The van der Waals surface area contributed by atoms with Crippen LogP contribution in [0.2, 0.25) is 5.02 Å². The van der Waals surface area contributed by atoms with Gasteiger partial charge in [0, 0.05) is 34.3 Å². The molecule has 0 unspecified atom stereocenters. The summed E-state index contributed by atoms with van der Waals surface area (Å²) in [6, 6.07) is 3.87. The van der Waals surface area contributed by atoms with Crippen LogP contribution in [0.25, 0.3) is 22.2 Å². The highest BCUT2D eigenvalue weighted by Crippen LogP contribution is 2.48.